The van der Waals surface area contributed by atoms with Crippen LogP contribution in [0.4, 0.5) is 26.3 Å². The average molecular weight is 405 g/mol. The highest BCUT2D eigenvalue weighted by Crippen LogP contribution is 2.27. The number of alkyl halides is 6. The monoisotopic (exact) mass is 405 g/mol. The summed E-state index contributed by atoms with van der Waals surface area (Å²) in [6.07, 6.45) is 8.20. The van der Waals surface area contributed by atoms with Crippen LogP contribution in [0.25, 0.3) is 0 Å². The predicted molar refractivity (Wildman–Crippen MR) is 71.5 cm³/mol. The van der Waals surface area contributed by atoms with Crippen molar-refractivity contribution >= 4 is 20.0 Å². The minimum atomic E-state index is -6.60. The van der Waals surface area contributed by atoms with E-state index in [9.17, 15) is 43.2 Å². The van der Waals surface area contributed by atoms with Crippen molar-refractivity contribution < 1.29 is 43.2 Å². The number of allylic oxidation sites excluding steroid dienone is 1. The first-order valence-electron chi connectivity index (χ1n) is 5.72. The molecule has 1 aliphatic rings. The molecular weight excluding hydrogens is 392 g/mol. The highest BCUT2D eigenvalue weighted by molar-refractivity contribution is 8.05. The van der Waals surface area contributed by atoms with E-state index in [1.165, 1.54) is 0 Å². The topological polar surface area (TPSA) is 86.8 Å². The minimum absolute atomic E-state index is 0.493. The van der Waals surface area contributed by atoms with E-state index in [-0.39, 0.29) is 0 Å². The fraction of sp³-hybridized carbons (Fsp3) is 0.556. The summed E-state index contributed by atoms with van der Waals surface area (Å²) < 4.78 is 108. The third-order valence-electron chi connectivity index (χ3n) is 2.07. The molecule has 1 heterocycles. The van der Waals surface area contributed by atoms with Crippen LogP contribution in [-0.2, 0) is 20.0 Å². The van der Waals surface area contributed by atoms with E-state index in [0.717, 1.165) is 6.67 Å². The van der Waals surface area contributed by atoms with Crippen molar-refractivity contribution in [2.75, 3.05) is 13.7 Å². The molecule has 142 valence electrons. The van der Waals surface area contributed by atoms with Gasteiger partial charge in [-0.25, -0.2) is 16.8 Å². The molecule has 0 aromatic rings. The summed E-state index contributed by atoms with van der Waals surface area (Å²) in [7, 11) is -11.1. The molecule has 0 spiro atoms. The summed E-state index contributed by atoms with van der Waals surface area (Å²) in [5.74, 6) is 0. The third-order valence-corrected chi connectivity index (χ3v) is 5.04. The highest BCUT2D eigenvalue weighted by atomic mass is 32.3. The van der Waals surface area contributed by atoms with Gasteiger partial charge in [-0.1, -0.05) is 10.2 Å². The largest absolute Gasteiger partial charge is 0.512 e. The molecule has 24 heavy (non-hydrogen) atoms. The molecule has 0 amide bonds. The Kier molecular flexibility index (Phi) is 7.14. The lowest BCUT2D eigenvalue weighted by Gasteiger charge is -2.12. The van der Waals surface area contributed by atoms with Crippen LogP contribution < -0.4 is 4.13 Å². The molecule has 1 rings (SSSR count). The first kappa shape index (κ1) is 22.5. The Balaban J connectivity index is 0.000000496. The van der Waals surface area contributed by atoms with Crippen LogP contribution in [0.15, 0.2) is 24.7 Å². The summed E-state index contributed by atoms with van der Waals surface area (Å²) in [5.41, 5.74) is -12.3. The standard InChI is InChI=1S/C7H12N2.C2HF6NO4S2/c1-3-4-9-6-5-8(2)7-9;3-1(4,5)14(10,11)9-15(12,13)2(6,7)8/h3-6H,7H2,1-2H3;9H. The van der Waals surface area contributed by atoms with Gasteiger partial charge < -0.3 is 9.80 Å². The van der Waals surface area contributed by atoms with E-state index < -0.39 is 35.2 Å². The summed E-state index contributed by atoms with van der Waals surface area (Å²) in [6.45, 7) is 3.00. The van der Waals surface area contributed by atoms with E-state index in [4.69, 9.17) is 0 Å². The van der Waals surface area contributed by atoms with E-state index in [1.54, 1.807) is 0 Å². The molecule has 1 N–H and O–H groups in total. The number of nitrogens with one attached hydrogen (secondary N) is 1. The van der Waals surface area contributed by atoms with Crippen molar-refractivity contribution in [1.82, 2.24) is 13.9 Å². The lowest BCUT2D eigenvalue weighted by Crippen LogP contribution is -2.45. The van der Waals surface area contributed by atoms with Gasteiger partial charge >= 0.3 is 31.1 Å². The maximum Gasteiger partial charge on any atom is 0.512 e. The van der Waals surface area contributed by atoms with Gasteiger partial charge in [0.25, 0.3) is 0 Å². The molecule has 0 atom stereocenters. The van der Waals surface area contributed by atoms with Crippen molar-refractivity contribution in [2.45, 2.75) is 17.9 Å². The number of nitrogens with zero attached hydrogens (tertiary/aromatic N) is 2. The molecule has 0 aromatic carbocycles. The average Bonchev–Trinajstić information content (AvgIpc) is 2.72. The molecule has 7 nitrogen and oxygen atoms in total. The van der Waals surface area contributed by atoms with Crippen molar-refractivity contribution in [1.29, 1.82) is 0 Å². The maximum absolute atomic E-state index is 11.5. The lowest BCUT2D eigenvalue weighted by molar-refractivity contribution is -0.0476. The van der Waals surface area contributed by atoms with Gasteiger partial charge in [-0.3, -0.25) is 0 Å². The fourth-order valence-electron chi connectivity index (χ4n) is 1.08. The molecular formula is C9H13F6N3O4S2. The van der Waals surface area contributed by atoms with E-state index >= 15 is 0 Å². The van der Waals surface area contributed by atoms with Gasteiger partial charge in [0.05, 0.1) is 6.67 Å². The minimum Gasteiger partial charge on any atom is -0.361 e. The Morgan fingerprint density at radius 3 is 1.62 bits per heavy atom. The Labute approximate surface area is 134 Å². The molecule has 1 aliphatic heterocycles. The van der Waals surface area contributed by atoms with Crippen LogP contribution in [0.2, 0.25) is 0 Å². The summed E-state index contributed by atoms with van der Waals surface area (Å²) >= 11 is 0. The van der Waals surface area contributed by atoms with Gasteiger partial charge in [-0.15, -0.1) is 0 Å². The third kappa shape index (κ3) is 6.56. The summed E-state index contributed by atoms with van der Waals surface area (Å²) in [5, 5.41) is 0. The normalized spacial score (nSPS) is 16.5. The Morgan fingerprint density at radius 2 is 1.38 bits per heavy atom. The Hall–Kier alpha value is -1.48. The van der Waals surface area contributed by atoms with E-state index in [1.807, 2.05) is 13.0 Å². The van der Waals surface area contributed by atoms with Crippen molar-refractivity contribution in [3.8, 4) is 0 Å². The molecule has 0 saturated heterocycles. The van der Waals surface area contributed by atoms with Gasteiger partial charge in [0, 0.05) is 25.6 Å². The van der Waals surface area contributed by atoms with Crippen LogP contribution in [-0.4, -0.2) is 51.4 Å². The molecule has 0 bridgehead atoms. The molecule has 0 unspecified atom stereocenters. The van der Waals surface area contributed by atoms with Crippen LogP contribution in [0, 0.1) is 0 Å². The zero-order valence-corrected chi connectivity index (χ0v) is 13.8. The second-order valence-electron chi connectivity index (χ2n) is 4.17. The molecule has 15 heteroatoms. The second kappa shape index (κ2) is 7.60. The van der Waals surface area contributed by atoms with Crippen molar-refractivity contribution in [3.05, 3.63) is 24.7 Å². The van der Waals surface area contributed by atoms with Gasteiger partial charge in [0.1, 0.15) is 0 Å². The fourth-order valence-corrected chi connectivity index (χ4v) is 2.99. The molecule has 0 saturated carbocycles. The smallest absolute Gasteiger partial charge is 0.361 e. The van der Waals surface area contributed by atoms with E-state index in [0.29, 0.717) is 0 Å². The van der Waals surface area contributed by atoms with Crippen LogP contribution in [0.3, 0.4) is 0 Å². The zero-order valence-electron chi connectivity index (χ0n) is 12.1. The zero-order chi connectivity index (χ0) is 19.4. The Morgan fingerprint density at radius 1 is 0.958 bits per heavy atom. The number of sulfonamides is 2. The maximum atomic E-state index is 11.5. The first-order valence-corrected chi connectivity index (χ1v) is 8.68. The predicted octanol–water partition coefficient (Wildman–Crippen LogP) is 1.47. The van der Waals surface area contributed by atoms with Crippen LogP contribution in [0.1, 0.15) is 6.92 Å². The van der Waals surface area contributed by atoms with Crippen LogP contribution >= 0.6 is 0 Å². The molecule has 0 aromatic heterocycles. The summed E-state index contributed by atoms with van der Waals surface area (Å²) in [6, 6.07) is 0. The van der Waals surface area contributed by atoms with E-state index in [2.05, 4.69) is 35.4 Å². The second-order valence-corrected chi connectivity index (χ2v) is 7.78. The number of hydrogen-bond acceptors (Lipinski definition) is 6. The Bertz CT molecular complexity index is 639. The number of halogens is 6. The molecule has 0 fully saturated rings. The van der Waals surface area contributed by atoms with Gasteiger partial charge in [-0.05, 0) is 6.92 Å². The quantitative estimate of drug-likeness (QED) is 0.716. The van der Waals surface area contributed by atoms with Crippen molar-refractivity contribution in [3.63, 3.8) is 0 Å². The van der Waals surface area contributed by atoms with Gasteiger partial charge in [-0.2, -0.15) is 26.3 Å². The van der Waals surface area contributed by atoms with Gasteiger partial charge in [0.2, 0.25) is 0 Å². The molecule has 0 radical (unpaired) electrons. The number of hydrogen-bond donors (Lipinski definition) is 1. The lowest BCUT2D eigenvalue weighted by atomic mass is 10.6. The first-order chi connectivity index (χ1) is 10.5. The van der Waals surface area contributed by atoms with Gasteiger partial charge in [0.15, 0.2) is 0 Å². The van der Waals surface area contributed by atoms with Crippen molar-refractivity contribution in [2.24, 2.45) is 0 Å². The van der Waals surface area contributed by atoms with Crippen LogP contribution in [0.5, 0.6) is 0 Å². The number of rotatable bonds is 3. The highest BCUT2D eigenvalue weighted by Gasteiger charge is 2.55. The SMILES string of the molecule is CC=CN1C=CN(C)C1.O=S(=O)(NS(=O)(=O)C(F)(F)F)C(F)(F)F. The molecule has 0 aliphatic carbocycles. The summed E-state index contributed by atoms with van der Waals surface area (Å²) in [4.78, 5) is 4.25.